The van der Waals surface area contributed by atoms with Crippen LogP contribution in [0.25, 0.3) is 11.1 Å². The lowest BCUT2D eigenvalue weighted by Crippen LogP contribution is -2.04. The molecule has 2 aliphatic rings. The lowest BCUT2D eigenvalue weighted by Gasteiger charge is -2.19. The van der Waals surface area contributed by atoms with Crippen LogP contribution in [0.2, 0.25) is 0 Å². The van der Waals surface area contributed by atoms with Crippen LogP contribution in [0.15, 0.2) is 66.1 Å². The van der Waals surface area contributed by atoms with Gasteiger partial charge in [0.1, 0.15) is 11.9 Å². The fraction of sp³-hybridized carbons (Fsp3) is 0.318. The molecule has 1 aliphatic heterocycles. The summed E-state index contributed by atoms with van der Waals surface area (Å²) >= 11 is 0. The zero-order valence-corrected chi connectivity index (χ0v) is 14.3. The molecule has 2 nitrogen and oxygen atoms in total. The minimum atomic E-state index is 0.105. The zero-order valence-electron chi connectivity index (χ0n) is 14.3. The first kappa shape index (κ1) is 15.2. The molecule has 2 aromatic rings. The van der Waals surface area contributed by atoms with E-state index in [9.17, 15) is 0 Å². The third-order valence-electron chi connectivity index (χ3n) is 4.89. The Morgan fingerprint density at radius 2 is 2.00 bits per heavy atom. The lowest BCUT2D eigenvalue weighted by molar-refractivity contribution is 0.139. The molecule has 0 saturated heterocycles. The topological polar surface area (TPSA) is 22.1 Å². The van der Waals surface area contributed by atoms with E-state index < -0.39 is 0 Å². The molecule has 1 aromatic carbocycles. The molecular weight excluding hydrogens is 294 g/mol. The number of rotatable bonds is 3. The SMILES string of the molecule is CC(C)c1cc(C2CC3=C(CCC=C3)O2)c(-c2ccccc2)cn1. The first-order valence-electron chi connectivity index (χ1n) is 8.83. The van der Waals surface area contributed by atoms with Crippen LogP contribution >= 0.6 is 0 Å². The van der Waals surface area contributed by atoms with E-state index in [2.05, 4.69) is 62.4 Å². The van der Waals surface area contributed by atoms with Crippen molar-refractivity contribution in [3.8, 4) is 11.1 Å². The molecule has 2 heteroatoms. The van der Waals surface area contributed by atoms with Crippen molar-refractivity contribution >= 4 is 0 Å². The number of hydrogen-bond donors (Lipinski definition) is 0. The molecule has 0 fully saturated rings. The summed E-state index contributed by atoms with van der Waals surface area (Å²) in [6.45, 7) is 4.38. The highest BCUT2D eigenvalue weighted by molar-refractivity contribution is 5.67. The van der Waals surface area contributed by atoms with E-state index in [4.69, 9.17) is 9.72 Å². The van der Waals surface area contributed by atoms with Crippen LogP contribution in [-0.4, -0.2) is 4.98 Å². The first-order valence-corrected chi connectivity index (χ1v) is 8.83. The van der Waals surface area contributed by atoms with Crippen molar-refractivity contribution in [1.29, 1.82) is 0 Å². The maximum atomic E-state index is 6.35. The van der Waals surface area contributed by atoms with Crippen molar-refractivity contribution in [1.82, 2.24) is 4.98 Å². The number of ether oxygens (including phenoxy) is 1. The van der Waals surface area contributed by atoms with Crippen molar-refractivity contribution in [2.45, 2.75) is 45.1 Å². The predicted molar refractivity (Wildman–Crippen MR) is 97.6 cm³/mol. The molecule has 0 saturated carbocycles. The molecule has 1 atom stereocenters. The van der Waals surface area contributed by atoms with Gasteiger partial charge in [-0.15, -0.1) is 0 Å². The molecule has 0 bridgehead atoms. The van der Waals surface area contributed by atoms with Crippen molar-refractivity contribution in [2.24, 2.45) is 0 Å². The highest BCUT2D eigenvalue weighted by atomic mass is 16.5. The van der Waals surface area contributed by atoms with E-state index in [1.807, 2.05) is 6.20 Å². The largest absolute Gasteiger partial charge is 0.489 e. The number of hydrogen-bond acceptors (Lipinski definition) is 2. The Hall–Kier alpha value is -2.35. The highest BCUT2D eigenvalue weighted by Crippen LogP contribution is 2.43. The van der Waals surface area contributed by atoms with Crippen molar-refractivity contribution in [2.75, 3.05) is 0 Å². The fourth-order valence-corrected chi connectivity index (χ4v) is 3.53. The van der Waals surface area contributed by atoms with Gasteiger partial charge in [0.05, 0.1) is 0 Å². The van der Waals surface area contributed by atoms with E-state index in [1.165, 1.54) is 28.0 Å². The quantitative estimate of drug-likeness (QED) is 0.699. The van der Waals surface area contributed by atoms with Gasteiger partial charge < -0.3 is 4.74 Å². The molecule has 0 amide bonds. The molecule has 24 heavy (non-hydrogen) atoms. The van der Waals surface area contributed by atoms with E-state index in [-0.39, 0.29) is 6.10 Å². The summed E-state index contributed by atoms with van der Waals surface area (Å²) in [7, 11) is 0. The molecule has 0 radical (unpaired) electrons. The van der Waals surface area contributed by atoms with Gasteiger partial charge in [-0.05, 0) is 29.5 Å². The van der Waals surface area contributed by atoms with Crippen LogP contribution in [0, 0.1) is 0 Å². The second-order valence-corrected chi connectivity index (χ2v) is 6.92. The van der Waals surface area contributed by atoms with Crippen LogP contribution in [0.4, 0.5) is 0 Å². The molecule has 0 spiro atoms. The third-order valence-corrected chi connectivity index (χ3v) is 4.89. The van der Waals surface area contributed by atoms with Crippen LogP contribution in [-0.2, 0) is 4.74 Å². The first-order chi connectivity index (χ1) is 11.7. The molecule has 122 valence electrons. The van der Waals surface area contributed by atoms with Gasteiger partial charge in [0.25, 0.3) is 0 Å². The summed E-state index contributed by atoms with van der Waals surface area (Å²) in [5.41, 5.74) is 6.16. The van der Waals surface area contributed by atoms with E-state index >= 15 is 0 Å². The summed E-state index contributed by atoms with van der Waals surface area (Å²) in [5.74, 6) is 1.60. The molecule has 1 unspecified atom stereocenters. The van der Waals surface area contributed by atoms with Crippen molar-refractivity contribution < 1.29 is 4.74 Å². The smallest absolute Gasteiger partial charge is 0.128 e. The molecule has 1 aromatic heterocycles. The average molecular weight is 317 g/mol. The zero-order chi connectivity index (χ0) is 16.5. The number of allylic oxidation sites excluding steroid dienone is 3. The Kier molecular flexibility index (Phi) is 3.97. The van der Waals surface area contributed by atoms with Gasteiger partial charge in [-0.2, -0.15) is 0 Å². The fourth-order valence-electron chi connectivity index (χ4n) is 3.53. The average Bonchev–Trinajstić information content (AvgIpc) is 3.06. The number of benzene rings is 1. The van der Waals surface area contributed by atoms with E-state index in [0.717, 1.165) is 25.0 Å². The maximum absolute atomic E-state index is 6.35. The third kappa shape index (κ3) is 2.77. The van der Waals surface area contributed by atoms with Gasteiger partial charge in [0, 0.05) is 35.9 Å². The van der Waals surface area contributed by atoms with Gasteiger partial charge in [-0.25, -0.2) is 0 Å². The number of nitrogens with zero attached hydrogens (tertiary/aromatic N) is 1. The Labute approximate surface area is 143 Å². The van der Waals surface area contributed by atoms with Crippen LogP contribution in [0.1, 0.15) is 56.4 Å². The van der Waals surface area contributed by atoms with Gasteiger partial charge in [0.2, 0.25) is 0 Å². The van der Waals surface area contributed by atoms with Crippen LogP contribution < -0.4 is 0 Å². The number of aromatic nitrogens is 1. The summed E-state index contributed by atoms with van der Waals surface area (Å²) < 4.78 is 6.35. The Morgan fingerprint density at radius 1 is 1.17 bits per heavy atom. The molecule has 0 N–H and O–H groups in total. The maximum Gasteiger partial charge on any atom is 0.128 e. The summed E-state index contributed by atoms with van der Waals surface area (Å²) in [5, 5.41) is 0. The van der Waals surface area contributed by atoms with E-state index in [0.29, 0.717) is 5.92 Å². The minimum Gasteiger partial charge on any atom is -0.489 e. The summed E-state index contributed by atoms with van der Waals surface area (Å²) in [6, 6.07) is 12.8. The monoisotopic (exact) mass is 317 g/mol. The van der Waals surface area contributed by atoms with Crippen LogP contribution in [0.5, 0.6) is 0 Å². The normalized spacial score (nSPS) is 19.5. The molecule has 1 aliphatic carbocycles. The molecular formula is C22H23NO. The summed E-state index contributed by atoms with van der Waals surface area (Å²) in [4.78, 5) is 4.69. The van der Waals surface area contributed by atoms with Gasteiger partial charge in [-0.1, -0.05) is 56.3 Å². The summed E-state index contributed by atoms with van der Waals surface area (Å²) in [6.07, 6.45) is 9.72. The second-order valence-electron chi connectivity index (χ2n) is 6.92. The number of pyridine rings is 1. The van der Waals surface area contributed by atoms with Gasteiger partial charge >= 0.3 is 0 Å². The second kappa shape index (κ2) is 6.27. The van der Waals surface area contributed by atoms with Crippen molar-refractivity contribution in [3.63, 3.8) is 0 Å². The van der Waals surface area contributed by atoms with Gasteiger partial charge in [0.15, 0.2) is 0 Å². The Morgan fingerprint density at radius 3 is 2.75 bits per heavy atom. The van der Waals surface area contributed by atoms with Crippen molar-refractivity contribution in [3.05, 3.63) is 77.3 Å². The lowest BCUT2D eigenvalue weighted by atomic mass is 9.92. The standard InChI is InChI=1S/C22H23NO/c1-15(2)20-13-18(19(14-23-20)16-8-4-3-5-9-16)22-12-17-10-6-7-11-21(17)24-22/h3-6,8-10,13-15,22H,7,11-12H2,1-2H3. The molecule has 2 heterocycles. The van der Waals surface area contributed by atoms with Gasteiger partial charge in [-0.3, -0.25) is 4.98 Å². The van der Waals surface area contributed by atoms with E-state index in [1.54, 1.807) is 0 Å². The predicted octanol–water partition coefficient (Wildman–Crippen LogP) is 5.94. The minimum absolute atomic E-state index is 0.105. The Bertz CT molecular complexity index is 802. The van der Waals surface area contributed by atoms with Crippen LogP contribution in [0.3, 0.4) is 0 Å². The molecule has 4 rings (SSSR count). The Balaban J connectivity index is 1.75. The highest BCUT2D eigenvalue weighted by Gasteiger charge is 2.29.